The van der Waals surface area contributed by atoms with Gasteiger partial charge in [-0.15, -0.1) is 0 Å². The fourth-order valence-electron chi connectivity index (χ4n) is 1.11. The van der Waals surface area contributed by atoms with Crippen molar-refractivity contribution in [3.05, 3.63) is 0 Å². The molecule has 0 amide bonds. The Morgan fingerprint density at radius 1 is 1.15 bits per heavy atom. The molecule has 0 saturated heterocycles. The molecule has 0 aliphatic rings. The van der Waals surface area contributed by atoms with Crippen LogP contribution in [0.1, 0.15) is 26.2 Å². The topological polar surface area (TPSA) is 26.7 Å². The van der Waals surface area contributed by atoms with Gasteiger partial charge in [0.1, 0.15) is 6.23 Å². The summed E-state index contributed by atoms with van der Waals surface area (Å²) in [5.41, 5.74) is 0. The summed E-state index contributed by atoms with van der Waals surface area (Å²) in [7, 11) is 6.07. The van der Waals surface area contributed by atoms with Crippen molar-refractivity contribution < 1.29 is 5.11 Å². The van der Waals surface area contributed by atoms with Crippen LogP contribution in [0.4, 0.5) is 0 Å². The van der Waals surface area contributed by atoms with E-state index in [0.717, 1.165) is 32.4 Å². The van der Waals surface area contributed by atoms with Crippen molar-refractivity contribution in [3.63, 3.8) is 0 Å². The number of unbranched alkanes of at least 4 members (excludes halogenated alkanes) is 1. The van der Waals surface area contributed by atoms with Crippen molar-refractivity contribution >= 4 is 0 Å². The monoisotopic (exact) mass is 188 g/mol. The lowest BCUT2D eigenvalue weighted by Crippen LogP contribution is -2.36. The van der Waals surface area contributed by atoms with Gasteiger partial charge in [-0.05, 0) is 34.0 Å². The van der Waals surface area contributed by atoms with E-state index in [1.54, 1.807) is 0 Å². The summed E-state index contributed by atoms with van der Waals surface area (Å²) in [6, 6.07) is 0. The van der Waals surface area contributed by atoms with Crippen LogP contribution >= 0.6 is 0 Å². The molecule has 1 unspecified atom stereocenters. The van der Waals surface area contributed by atoms with Crippen molar-refractivity contribution in [1.29, 1.82) is 0 Å². The number of rotatable bonds is 7. The summed E-state index contributed by atoms with van der Waals surface area (Å²) >= 11 is 0. The van der Waals surface area contributed by atoms with E-state index >= 15 is 0 Å². The lowest BCUT2D eigenvalue weighted by molar-refractivity contribution is 0.0112. The average Bonchev–Trinajstić information content (AvgIpc) is 2.10. The molecule has 13 heavy (non-hydrogen) atoms. The Labute approximate surface area is 82.3 Å². The van der Waals surface area contributed by atoms with E-state index in [9.17, 15) is 5.11 Å². The molecular formula is C10H24N2O. The summed E-state index contributed by atoms with van der Waals surface area (Å²) in [5.74, 6) is 0. The minimum Gasteiger partial charge on any atom is -0.378 e. The normalized spacial score (nSPS) is 14.1. The maximum Gasteiger partial charge on any atom is 0.107 e. The highest BCUT2D eigenvalue weighted by Crippen LogP contribution is 2.03. The van der Waals surface area contributed by atoms with E-state index in [-0.39, 0.29) is 6.23 Å². The van der Waals surface area contributed by atoms with Gasteiger partial charge in [-0.3, -0.25) is 4.90 Å². The predicted molar refractivity (Wildman–Crippen MR) is 56.7 cm³/mol. The second kappa shape index (κ2) is 7.30. The zero-order valence-corrected chi connectivity index (χ0v) is 9.45. The van der Waals surface area contributed by atoms with Crippen LogP contribution in [-0.4, -0.2) is 55.4 Å². The van der Waals surface area contributed by atoms with Crippen LogP contribution in [0, 0.1) is 0 Å². The van der Waals surface area contributed by atoms with Gasteiger partial charge in [-0.2, -0.15) is 0 Å². The molecule has 0 saturated carbocycles. The molecule has 0 rings (SSSR count). The summed E-state index contributed by atoms with van der Waals surface area (Å²) < 4.78 is 0. The van der Waals surface area contributed by atoms with Gasteiger partial charge in [0, 0.05) is 13.1 Å². The Balaban J connectivity index is 3.50. The van der Waals surface area contributed by atoms with Crippen LogP contribution in [-0.2, 0) is 0 Å². The van der Waals surface area contributed by atoms with Gasteiger partial charge in [0.2, 0.25) is 0 Å². The zero-order chi connectivity index (χ0) is 10.3. The van der Waals surface area contributed by atoms with Gasteiger partial charge in [-0.25, -0.2) is 0 Å². The standard InChI is InChI=1S/C10H24N2O/c1-5-6-7-10(13)12(4)9-8-11(2)3/h10,13H,5-9H2,1-4H3. The summed E-state index contributed by atoms with van der Waals surface area (Å²) in [4.78, 5) is 4.14. The van der Waals surface area contributed by atoms with Crippen molar-refractivity contribution in [2.75, 3.05) is 34.2 Å². The number of nitrogens with zero attached hydrogens (tertiary/aromatic N) is 2. The minimum absolute atomic E-state index is 0.264. The highest BCUT2D eigenvalue weighted by Gasteiger charge is 2.09. The van der Waals surface area contributed by atoms with Crippen LogP contribution in [0.3, 0.4) is 0 Å². The number of hydrogen-bond acceptors (Lipinski definition) is 3. The van der Waals surface area contributed by atoms with Crippen molar-refractivity contribution in [1.82, 2.24) is 9.80 Å². The van der Waals surface area contributed by atoms with Crippen LogP contribution in [0.5, 0.6) is 0 Å². The first-order valence-electron chi connectivity index (χ1n) is 5.11. The molecule has 0 heterocycles. The Morgan fingerprint density at radius 2 is 1.77 bits per heavy atom. The average molecular weight is 188 g/mol. The quantitative estimate of drug-likeness (QED) is 0.604. The third-order valence-electron chi connectivity index (χ3n) is 2.22. The highest BCUT2D eigenvalue weighted by atomic mass is 16.3. The highest BCUT2D eigenvalue weighted by molar-refractivity contribution is 4.58. The van der Waals surface area contributed by atoms with E-state index in [0.29, 0.717) is 0 Å². The van der Waals surface area contributed by atoms with Crippen LogP contribution < -0.4 is 0 Å². The van der Waals surface area contributed by atoms with Crippen molar-refractivity contribution in [3.8, 4) is 0 Å². The maximum atomic E-state index is 9.67. The van der Waals surface area contributed by atoms with Crippen molar-refractivity contribution in [2.45, 2.75) is 32.4 Å². The predicted octanol–water partition coefficient (Wildman–Crippen LogP) is 0.988. The number of hydrogen-bond donors (Lipinski definition) is 1. The van der Waals surface area contributed by atoms with Crippen LogP contribution in [0.2, 0.25) is 0 Å². The van der Waals surface area contributed by atoms with Gasteiger partial charge in [-0.1, -0.05) is 13.3 Å². The van der Waals surface area contributed by atoms with Gasteiger partial charge in [0.15, 0.2) is 0 Å². The molecule has 3 nitrogen and oxygen atoms in total. The maximum absolute atomic E-state index is 9.67. The lowest BCUT2D eigenvalue weighted by atomic mass is 10.2. The fourth-order valence-corrected chi connectivity index (χ4v) is 1.11. The molecule has 0 aliphatic carbocycles. The molecule has 1 atom stereocenters. The minimum atomic E-state index is -0.264. The van der Waals surface area contributed by atoms with E-state index in [2.05, 4.69) is 11.8 Å². The number of likely N-dealkylation sites (N-methyl/N-ethyl adjacent to an activating group) is 2. The van der Waals surface area contributed by atoms with Gasteiger partial charge in [0.25, 0.3) is 0 Å². The van der Waals surface area contributed by atoms with Crippen molar-refractivity contribution in [2.24, 2.45) is 0 Å². The first kappa shape index (κ1) is 12.9. The van der Waals surface area contributed by atoms with Gasteiger partial charge < -0.3 is 10.0 Å². The SMILES string of the molecule is CCCCC(O)N(C)CCN(C)C. The van der Waals surface area contributed by atoms with Crippen LogP contribution in [0.25, 0.3) is 0 Å². The molecule has 0 radical (unpaired) electrons. The summed E-state index contributed by atoms with van der Waals surface area (Å²) in [5, 5.41) is 9.67. The summed E-state index contributed by atoms with van der Waals surface area (Å²) in [6.45, 7) is 4.07. The van der Waals surface area contributed by atoms with Gasteiger partial charge >= 0.3 is 0 Å². The smallest absolute Gasteiger partial charge is 0.107 e. The Kier molecular flexibility index (Phi) is 7.23. The van der Waals surface area contributed by atoms with Crippen LogP contribution in [0.15, 0.2) is 0 Å². The van der Waals surface area contributed by atoms with E-state index in [1.165, 1.54) is 0 Å². The third kappa shape index (κ3) is 6.99. The molecule has 0 aromatic rings. The molecule has 0 aromatic heterocycles. The Hall–Kier alpha value is -0.120. The van der Waals surface area contributed by atoms with E-state index in [1.807, 2.05) is 26.0 Å². The van der Waals surface area contributed by atoms with E-state index in [4.69, 9.17) is 0 Å². The Morgan fingerprint density at radius 3 is 2.23 bits per heavy atom. The second-order valence-corrected chi connectivity index (χ2v) is 3.91. The zero-order valence-electron chi connectivity index (χ0n) is 9.45. The number of aliphatic hydroxyl groups is 1. The van der Waals surface area contributed by atoms with Gasteiger partial charge in [0.05, 0.1) is 0 Å². The first-order valence-corrected chi connectivity index (χ1v) is 5.11. The number of aliphatic hydroxyl groups excluding tert-OH is 1. The van der Waals surface area contributed by atoms with E-state index < -0.39 is 0 Å². The Bertz CT molecular complexity index is 117. The lowest BCUT2D eigenvalue weighted by Gasteiger charge is -2.24. The largest absolute Gasteiger partial charge is 0.378 e. The molecule has 3 heteroatoms. The molecular weight excluding hydrogens is 164 g/mol. The molecule has 0 aliphatic heterocycles. The fraction of sp³-hybridized carbons (Fsp3) is 1.00. The molecule has 1 N–H and O–H groups in total. The summed E-state index contributed by atoms with van der Waals surface area (Å²) in [6.07, 6.45) is 2.88. The molecule has 0 spiro atoms. The third-order valence-corrected chi connectivity index (χ3v) is 2.22. The molecule has 0 aromatic carbocycles. The molecule has 80 valence electrons. The molecule has 0 fully saturated rings. The first-order chi connectivity index (χ1) is 6.07. The second-order valence-electron chi connectivity index (χ2n) is 3.91. The molecule has 0 bridgehead atoms.